The molecule has 0 saturated carbocycles. The molecule has 0 unspecified atom stereocenters. The van der Waals surface area contributed by atoms with Crippen LogP contribution in [-0.4, -0.2) is 17.6 Å². The van der Waals surface area contributed by atoms with Crippen LogP contribution in [0, 0.1) is 25.2 Å². The monoisotopic (exact) mass is 365 g/mol. The summed E-state index contributed by atoms with van der Waals surface area (Å²) in [7, 11) is 1.64. The number of amides is 1. The number of carbonyl (C=O) groups excluding carboxylic acids is 1. The summed E-state index contributed by atoms with van der Waals surface area (Å²) >= 11 is 0. The van der Waals surface area contributed by atoms with E-state index in [4.69, 9.17) is 4.74 Å². The number of ether oxygens (including phenoxy) is 1. The third-order valence-electron chi connectivity index (χ3n) is 4.58. The van der Waals surface area contributed by atoms with Crippen LogP contribution in [0.25, 0.3) is 6.08 Å². The molecule has 1 amide bonds. The molecular weight excluding hydrogens is 338 g/mol. The molecule has 0 fully saturated rings. The Labute approximate surface area is 161 Å². The number of nitrogens with one attached hydrogen (secondary N) is 1. The minimum absolute atomic E-state index is 0.107. The van der Waals surface area contributed by atoms with Crippen LogP contribution in [0.2, 0.25) is 0 Å². The number of aryl methyl sites for hydroxylation is 1. The second kappa shape index (κ2) is 9.75. The van der Waals surface area contributed by atoms with E-state index in [1.807, 2.05) is 50.2 Å². The van der Waals surface area contributed by atoms with Gasteiger partial charge in [0.05, 0.1) is 6.61 Å². The summed E-state index contributed by atoms with van der Waals surface area (Å²) < 4.78 is 7.40. The van der Waals surface area contributed by atoms with Crippen LogP contribution in [0.1, 0.15) is 41.4 Å². The van der Waals surface area contributed by atoms with E-state index in [-0.39, 0.29) is 11.5 Å². The van der Waals surface area contributed by atoms with Crippen molar-refractivity contribution in [2.24, 2.45) is 0 Å². The van der Waals surface area contributed by atoms with Crippen molar-refractivity contribution < 1.29 is 9.53 Å². The maximum atomic E-state index is 12.5. The fraction of sp³-hybridized carbons (Fsp3) is 0.364. The zero-order valence-electron chi connectivity index (χ0n) is 16.5. The number of nitrogens with zero attached hydrogens (tertiary/aromatic N) is 2. The predicted molar refractivity (Wildman–Crippen MR) is 107 cm³/mol. The van der Waals surface area contributed by atoms with Crippen molar-refractivity contribution in [2.45, 2.75) is 46.9 Å². The normalized spacial score (nSPS) is 11.3. The summed E-state index contributed by atoms with van der Waals surface area (Å²) in [5.74, 6) is -0.370. The van der Waals surface area contributed by atoms with Crippen LogP contribution in [0.3, 0.4) is 0 Å². The van der Waals surface area contributed by atoms with Gasteiger partial charge in [0.1, 0.15) is 11.6 Å². The van der Waals surface area contributed by atoms with Gasteiger partial charge in [0.15, 0.2) is 0 Å². The van der Waals surface area contributed by atoms with Gasteiger partial charge in [-0.1, -0.05) is 31.2 Å². The SMILES string of the molecule is CCCn1c(C)cc(/C=C(\C#N)C(=O)NCc2ccccc2COC)c1C. The fourth-order valence-electron chi connectivity index (χ4n) is 3.14. The molecule has 0 atom stereocenters. The highest BCUT2D eigenvalue weighted by Crippen LogP contribution is 2.19. The number of hydrogen-bond acceptors (Lipinski definition) is 3. The molecule has 0 aliphatic rings. The van der Waals surface area contributed by atoms with Crippen molar-refractivity contribution >= 4 is 12.0 Å². The van der Waals surface area contributed by atoms with Gasteiger partial charge >= 0.3 is 0 Å². The standard InChI is InChI=1S/C22H27N3O2/c1-5-10-25-16(2)11-20(17(25)3)12-21(13-23)22(26)24-14-18-8-6-7-9-19(18)15-27-4/h6-9,11-12H,5,10,14-15H2,1-4H3,(H,24,26)/b21-12+. The second-order valence-corrected chi connectivity index (χ2v) is 6.53. The first kappa shape index (κ1) is 20.5. The molecular formula is C22H27N3O2. The Morgan fingerprint density at radius 3 is 2.63 bits per heavy atom. The molecule has 27 heavy (non-hydrogen) atoms. The number of carbonyl (C=O) groups is 1. The van der Waals surface area contributed by atoms with Crippen molar-refractivity contribution in [3.8, 4) is 6.07 Å². The summed E-state index contributed by atoms with van der Waals surface area (Å²) in [4.78, 5) is 12.5. The van der Waals surface area contributed by atoms with Crippen LogP contribution < -0.4 is 5.32 Å². The Morgan fingerprint density at radius 2 is 2.00 bits per heavy atom. The summed E-state index contributed by atoms with van der Waals surface area (Å²) in [5.41, 5.74) is 5.22. The van der Waals surface area contributed by atoms with Crippen molar-refractivity contribution in [1.82, 2.24) is 9.88 Å². The van der Waals surface area contributed by atoms with Gasteiger partial charge in [-0.2, -0.15) is 5.26 Å². The molecule has 2 rings (SSSR count). The van der Waals surface area contributed by atoms with Gasteiger partial charge in [-0.25, -0.2) is 0 Å². The lowest BCUT2D eigenvalue weighted by Gasteiger charge is -2.10. The van der Waals surface area contributed by atoms with E-state index in [9.17, 15) is 10.1 Å². The minimum Gasteiger partial charge on any atom is -0.380 e. The lowest BCUT2D eigenvalue weighted by Crippen LogP contribution is -2.24. The molecule has 1 aromatic heterocycles. The topological polar surface area (TPSA) is 67.0 Å². The molecule has 0 bridgehead atoms. The Kier molecular flexibility index (Phi) is 7.39. The molecule has 0 aliphatic carbocycles. The highest BCUT2D eigenvalue weighted by molar-refractivity contribution is 6.01. The molecule has 2 aromatic rings. The summed E-state index contributed by atoms with van der Waals surface area (Å²) in [5, 5.41) is 12.3. The Bertz CT molecular complexity index is 872. The summed E-state index contributed by atoms with van der Waals surface area (Å²) in [6, 6.07) is 11.8. The molecule has 1 heterocycles. The van der Waals surface area contributed by atoms with Crippen molar-refractivity contribution in [3.05, 3.63) is 64.0 Å². The summed E-state index contributed by atoms with van der Waals surface area (Å²) in [6.07, 6.45) is 2.71. The number of methoxy groups -OCH3 is 1. The highest BCUT2D eigenvalue weighted by atomic mass is 16.5. The molecule has 5 nitrogen and oxygen atoms in total. The largest absolute Gasteiger partial charge is 0.380 e. The molecule has 1 N–H and O–H groups in total. The maximum absolute atomic E-state index is 12.5. The second-order valence-electron chi connectivity index (χ2n) is 6.53. The van der Waals surface area contributed by atoms with E-state index in [1.54, 1.807) is 13.2 Å². The van der Waals surface area contributed by atoms with Gasteiger partial charge in [0.2, 0.25) is 0 Å². The third-order valence-corrected chi connectivity index (χ3v) is 4.58. The summed E-state index contributed by atoms with van der Waals surface area (Å²) in [6.45, 7) is 7.95. The molecule has 0 spiro atoms. The number of nitriles is 1. The predicted octanol–water partition coefficient (Wildman–Crippen LogP) is 3.88. The van der Waals surface area contributed by atoms with Crippen molar-refractivity contribution in [1.29, 1.82) is 5.26 Å². The quantitative estimate of drug-likeness (QED) is 0.570. The van der Waals surface area contributed by atoms with Crippen LogP contribution in [0.15, 0.2) is 35.9 Å². The van der Waals surface area contributed by atoms with Crippen LogP contribution in [-0.2, 0) is 29.2 Å². The van der Waals surface area contributed by atoms with E-state index in [0.717, 1.165) is 41.0 Å². The van der Waals surface area contributed by atoms with Crippen LogP contribution in [0.4, 0.5) is 0 Å². The Morgan fingerprint density at radius 1 is 1.30 bits per heavy atom. The van der Waals surface area contributed by atoms with E-state index < -0.39 is 0 Å². The molecule has 1 aromatic carbocycles. The van der Waals surface area contributed by atoms with Gasteiger partial charge in [-0.15, -0.1) is 0 Å². The maximum Gasteiger partial charge on any atom is 0.262 e. The third kappa shape index (κ3) is 5.08. The fourth-order valence-corrected chi connectivity index (χ4v) is 3.14. The van der Waals surface area contributed by atoms with Gasteiger partial charge in [-0.05, 0) is 49.1 Å². The zero-order chi connectivity index (χ0) is 19.8. The zero-order valence-corrected chi connectivity index (χ0v) is 16.5. The van der Waals surface area contributed by atoms with Crippen LogP contribution in [0.5, 0.6) is 0 Å². The van der Waals surface area contributed by atoms with Gasteiger partial charge < -0.3 is 14.6 Å². The van der Waals surface area contributed by atoms with E-state index in [0.29, 0.717) is 13.2 Å². The molecule has 0 saturated heterocycles. The van der Waals surface area contributed by atoms with Gasteiger partial charge in [0, 0.05) is 31.6 Å². The lowest BCUT2D eigenvalue weighted by molar-refractivity contribution is -0.117. The average molecular weight is 365 g/mol. The first-order chi connectivity index (χ1) is 13.0. The van der Waals surface area contributed by atoms with E-state index in [2.05, 4.69) is 16.8 Å². The first-order valence-electron chi connectivity index (χ1n) is 9.14. The molecule has 0 radical (unpaired) electrons. The minimum atomic E-state index is -0.370. The highest BCUT2D eigenvalue weighted by Gasteiger charge is 2.13. The Hall–Kier alpha value is -2.84. The lowest BCUT2D eigenvalue weighted by atomic mass is 10.1. The molecule has 0 aliphatic heterocycles. The first-order valence-corrected chi connectivity index (χ1v) is 9.14. The number of rotatable bonds is 8. The van der Waals surface area contributed by atoms with Crippen LogP contribution >= 0.6 is 0 Å². The van der Waals surface area contributed by atoms with Crippen molar-refractivity contribution in [3.63, 3.8) is 0 Å². The van der Waals surface area contributed by atoms with E-state index in [1.165, 1.54) is 0 Å². The van der Waals surface area contributed by atoms with Gasteiger partial charge in [0.25, 0.3) is 5.91 Å². The number of hydrogen-bond donors (Lipinski definition) is 1. The van der Waals surface area contributed by atoms with Gasteiger partial charge in [-0.3, -0.25) is 4.79 Å². The number of aromatic nitrogens is 1. The Balaban J connectivity index is 2.16. The average Bonchev–Trinajstić information content (AvgIpc) is 2.93. The smallest absolute Gasteiger partial charge is 0.262 e. The molecule has 142 valence electrons. The van der Waals surface area contributed by atoms with Crippen molar-refractivity contribution in [2.75, 3.05) is 7.11 Å². The number of benzene rings is 1. The van der Waals surface area contributed by atoms with E-state index >= 15 is 0 Å². The molecule has 5 heteroatoms.